The predicted molar refractivity (Wildman–Crippen MR) is 79.6 cm³/mol. The monoisotopic (exact) mass is 285 g/mol. The summed E-state index contributed by atoms with van der Waals surface area (Å²) in [5.74, 6) is -0.197. The van der Waals surface area contributed by atoms with Gasteiger partial charge in [-0.1, -0.05) is 18.2 Å². The van der Waals surface area contributed by atoms with Gasteiger partial charge < -0.3 is 5.73 Å². The number of nitrogens with two attached hydrogens (primary N) is 1. The number of hydrogen-bond donors (Lipinski definition) is 1. The van der Waals surface area contributed by atoms with Crippen molar-refractivity contribution < 1.29 is 4.79 Å². The van der Waals surface area contributed by atoms with Crippen molar-refractivity contribution in [2.45, 2.75) is 6.92 Å². The molecule has 2 heterocycles. The van der Waals surface area contributed by atoms with Crippen LogP contribution >= 0.6 is 11.3 Å². The molecule has 0 saturated heterocycles. The van der Waals surface area contributed by atoms with E-state index < -0.39 is 0 Å². The fourth-order valence-corrected chi connectivity index (χ4v) is 2.87. The molecule has 0 bridgehead atoms. The normalized spacial score (nSPS) is 10.8. The minimum Gasteiger partial charge on any atom is -0.390 e. The van der Waals surface area contributed by atoms with Gasteiger partial charge in [-0.05, 0) is 12.1 Å². The van der Waals surface area contributed by atoms with E-state index in [2.05, 4.69) is 5.10 Å². The predicted octanol–water partition coefficient (Wildman–Crippen LogP) is 2.23. The van der Waals surface area contributed by atoms with E-state index in [0.717, 1.165) is 0 Å². The molecule has 0 spiro atoms. The van der Waals surface area contributed by atoms with E-state index in [1.807, 2.05) is 6.07 Å². The summed E-state index contributed by atoms with van der Waals surface area (Å²) < 4.78 is 1.22. The van der Waals surface area contributed by atoms with E-state index in [4.69, 9.17) is 5.73 Å². The largest absolute Gasteiger partial charge is 0.390 e. The number of ketones is 1. The van der Waals surface area contributed by atoms with Gasteiger partial charge in [-0.25, -0.2) is 0 Å². The molecule has 2 N–H and O–H groups in total. The molecule has 0 atom stereocenters. The van der Waals surface area contributed by atoms with E-state index in [0.29, 0.717) is 21.5 Å². The van der Waals surface area contributed by atoms with Crippen LogP contribution in [-0.4, -0.2) is 15.6 Å². The average molecular weight is 285 g/mol. The molecule has 0 aliphatic rings. The molecule has 0 saturated carbocycles. The van der Waals surface area contributed by atoms with Crippen LogP contribution in [0.4, 0.5) is 5.00 Å². The van der Waals surface area contributed by atoms with Gasteiger partial charge in [0.05, 0.1) is 16.1 Å². The van der Waals surface area contributed by atoms with Gasteiger partial charge in [0.25, 0.3) is 5.56 Å². The lowest BCUT2D eigenvalue weighted by Gasteiger charge is -2.07. The number of aromatic nitrogens is 2. The highest BCUT2D eigenvalue weighted by Gasteiger charge is 2.17. The highest BCUT2D eigenvalue weighted by Crippen LogP contribution is 2.27. The Morgan fingerprint density at radius 3 is 2.65 bits per heavy atom. The average Bonchev–Trinajstić information content (AvgIpc) is 2.82. The molecule has 3 rings (SSSR count). The molecule has 0 aliphatic heterocycles. The number of benzene rings is 1. The third-order valence-electron chi connectivity index (χ3n) is 3.02. The first kappa shape index (κ1) is 12.6. The summed E-state index contributed by atoms with van der Waals surface area (Å²) in [6.07, 6.45) is 0. The molecule has 20 heavy (non-hydrogen) atoms. The Morgan fingerprint density at radius 1 is 1.30 bits per heavy atom. The van der Waals surface area contributed by atoms with Crippen LogP contribution in [0.25, 0.3) is 16.5 Å². The second kappa shape index (κ2) is 4.57. The van der Waals surface area contributed by atoms with Crippen molar-refractivity contribution in [3.05, 3.63) is 51.8 Å². The van der Waals surface area contributed by atoms with Crippen LogP contribution in [-0.2, 0) is 0 Å². The molecule has 0 amide bonds. The molecule has 100 valence electrons. The van der Waals surface area contributed by atoms with Crippen LogP contribution < -0.4 is 11.3 Å². The van der Waals surface area contributed by atoms with Gasteiger partial charge in [0.2, 0.25) is 0 Å². The minimum atomic E-state index is -0.310. The van der Waals surface area contributed by atoms with Gasteiger partial charge in [0.15, 0.2) is 5.78 Å². The third kappa shape index (κ3) is 1.81. The number of carbonyl (C=O) groups is 1. The van der Waals surface area contributed by atoms with Crippen LogP contribution in [0, 0.1) is 0 Å². The molecule has 0 radical (unpaired) electrons. The Hall–Kier alpha value is -2.47. The number of para-hydroxylation sites is 1. The van der Waals surface area contributed by atoms with Crippen molar-refractivity contribution >= 4 is 32.9 Å². The topological polar surface area (TPSA) is 78.0 Å². The van der Waals surface area contributed by atoms with Gasteiger partial charge >= 0.3 is 0 Å². The molecular formula is C14H11N3O2S. The van der Waals surface area contributed by atoms with Crippen molar-refractivity contribution in [3.63, 3.8) is 0 Å². The van der Waals surface area contributed by atoms with Crippen molar-refractivity contribution in [1.29, 1.82) is 0 Å². The fraction of sp³-hybridized carbons (Fsp3) is 0.0714. The summed E-state index contributed by atoms with van der Waals surface area (Å²) in [5, 5.41) is 7.18. The standard InChI is InChI=1S/C14H11N3O2S/c1-8(18)12-10-7-20-13(15)11(10)14(19)17(16-12)9-5-3-2-4-6-9/h2-7H,15H2,1H3. The number of Topliss-reactive ketones (excluding diaryl/α,β-unsaturated/α-hetero) is 1. The number of hydrogen-bond acceptors (Lipinski definition) is 5. The maximum Gasteiger partial charge on any atom is 0.282 e. The molecule has 1 aromatic carbocycles. The van der Waals surface area contributed by atoms with Gasteiger partial charge in [-0.3, -0.25) is 9.59 Å². The zero-order chi connectivity index (χ0) is 14.3. The van der Waals surface area contributed by atoms with Crippen LogP contribution in [0.15, 0.2) is 40.5 Å². The number of nitrogens with zero attached hydrogens (tertiary/aromatic N) is 2. The number of anilines is 1. The van der Waals surface area contributed by atoms with E-state index in [1.165, 1.54) is 22.9 Å². The molecule has 0 aliphatic carbocycles. The number of rotatable bonds is 2. The van der Waals surface area contributed by atoms with Crippen LogP contribution in [0.3, 0.4) is 0 Å². The van der Waals surface area contributed by atoms with Crippen molar-refractivity contribution in [1.82, 2.24) is 9.78 Å². The van der Waals surface area contributed by atoms with Crippen LogP contribution in [0.1, 0.15) is 17.4 Å². The quantitative estimate of drug-likeness (QED) is 0.732. The smallest absolute Gasteiger partial charge is 0.282 e. The summed E-state index contributed by atoms with van der Waals surface area (Å²) >= 11 is 1.24. The summed E-state index contributed by atoms with van der Waals surface area (Å²) in [5.41, 5.74) is 6.41. The lowest BCUT2D eigenvalue weighted by atomic mass is 10.2. The summed E-state index contributed by atoms with van der Waals surface area (Å²) in [4.78, 5) is 24.3. The summed E-state index contributed by atoms with van der Waals surface area (Å²) in [6.45, 7) is 1.43. The van der Waals surface area contributed by atoms with Gasteiger partial charge in [0, 0.05) is 17.7 Å². The minimum absolute atomic E-state index is 0.197. The third-order valence-corrected chi connectivity index (χ3v) is 3.83. The van der Waals surface area contributed by atoms with Crippen molar-refractivity contribution in [2.24, 2.45) is 0 Å². The second-order valence-electron chi connectivity index (χ2n) is 4.35. The zero-order valence-electron chi connectivity index (χ0n) is 10.7. The van der Waals surface area contributed by atoms with Gasteiger partial charge in [-0.15, -0.1) is 11.3 Å². The van der Waals surface area contributed by atoms with Crippen molar-refractivity contribution in [2.75, 3.05) is 5.73 Å². The molecule has 5 nitrogen and oxygen atoms in total. The first-order chi connectivity index (χ1) is 9.59. The lowest BCUT2D eigenvalue weighted by molar-refractivity contribution is 0.101. The first-order valence-electron chi connectivity index (χ1n) is 5.96. The Bertz CT molecular complexity index is 865. The van der Waals surface area contributed by atoms with E-state index in [1.54, 1.807) is 29.6 Å². The number of carbonyl (C=O) groups excluding carboxylic acids is 1. The Kier molecular flexibility index (Phi) is 2.87. The first-order valence-corrected chi connectivity index (χ1v) is 6.84. The van der Waals surface area contributed by atoms with Crippen LogP contribution in [0.5, 0.6) is 0 Å². The fourth-order valence-electron chi connectivity index (χ4n) is 2.08. The van der Waals surface area contributed by atoms with Gasteiger partial charge in [0.1, 0.15) is 5.69 Å². The molecular weight excluding hydrogens is 274 g/mol. The SMILES string of the molecule is CC(=O)c1nn(-c2ccccc2)c(=O)c2c(N)scc12. The Balaban J connectivity index is 2.45. The molecule has 0 fully saturated rings. The molecule has 2 aromatic heterocycles. The zero-order valence-corrected chi connectivity index (χ0v) is 11.5. The van der Waals surface area contributed by atoms with Crippen molar-refractivity contribution in [3.8, 4) is 5.69 Å². The van der Waals surface area contributed by atoms with Gasteiger partial charge in [-0.2, -0.15) is 9.78 Å². The maximum atomic E-state index is 12.5. The van der Waals surface area contributed by atoms with E-state index >= 15 is 0 Å². The lowest BCUT2D eigenvalue weighted by Crippen LogP contribution is -2.24. The Morgan fingerprint density at radius 2 is 2.00 bits per heavy atom. The number of nitrogen functional groups attached to an aromatic ring is 1. The van der Waals surface area contributed by atoms with Crippen LogP contribution in [0.2, 0.25) is 0 Å². The summed E-state index contributed by atoms with van der Waals surface area (Å²) in [7, 11) is 0. The highest BCUT2D eigenvalue weighted by molar-refractivity contribution is 7.15. The second-order valence-corrected chi connectivity index (χ2v) is 5.26. The highest BCUT2D eigenvalue weighted by atomic mass is 32.1. The molecule has 0 unspecified atom stereocenters. The van der Waals surface area contributed by atoms with E-state index in [-0.39, 0.29) is 17.0 Å². The van der Waals surface area contributed by atoms with E-state index in [9.17, 15) is 9.59 Å². The molecule has 3 aromatic rings. The maximum absolute atomic E-state index is 12.5. The Labute approximate surface area is 118 Å². The number of fused-ring (bicyclic) bond motifs is 1. The molecule has 6 heteroatoms. The summed E-state index contributed by atoms with van der Waals surface area (Å²) in [6, 6.07) is 8.97. The number of thiophene rings is 1.